The van der Waals surface area contributed by atoms with Gasteiger partial charge in [-0.1, -0.05) is 19.3 Å². The molecule has 4 heteroatoms. The van der Waals surface area contributed by atoms with E-state index in [4.69, 9.17) is 0 Å². The third-order valence-electron chi connectivity index (χ3n) is 4.62. The molecular formula is C15H22N2OS. The molecule has 0 bridgehead atoms. The molecular weight excluding hydrogens is 256 g/mol. The Morgan fingerprint density at radius 2 is 2.16 bits per heavy atom. The Morgan fingerprint density at radius 1 is 1.37 bits per heavy atom. The summed E-state index contributed by atoms with van der Waals surface area (Å²) < 4.78 is 0. The SMILES string of the molecule is Cc1ccsc1C(=O)N1CCNCC12CCCCC2. The molecule has 0 aromatic carbocycles. The first-order valence-electron chi connectivity index (χ1n) is 7.30. The highest BCUT2D eigenvalue weighted by molar-refractivity contribution is 7.12. The molecule has 0 unspecified atom stereocenters. The first-order valence-corrected chi connectivity index (χ1v) is 8.18. The Morgan fingerprint density at radius 3 is 2.84 bits per heavy atom. The molecule has 1 amide bonds. The van der Waals surface area contributed by atoms with Crippen molar-refractivity contribution in [3.8, 4) is 0 Å². The molecule has 2 fully saturated rings. The van der Waals surface area contributed by atoms with E-state index < -0.39 is 0 Å². The molecule has 104 valence electrons. The summed E-state index contributed by atoms with van der Waals surface area (Å²) in [4.78, 5) is 16.0. The molecule has 1 aromatic heterocycles. The molecule has 3 nitrogen and oxygen atoms in total. The van der Waals surface area contributed by atoms with Gasteiger partial charge in [-0.3, -0.25) is 4.79 Å². The number of thiophene rings is 1. The fourth-order valence-corrected chi connectivity index (χ4v) is 4.41. The maximum absolute atomic E-state index is 12.9. The van der Waals surface area contributed by atoms with Crippen LogP contribution in [0.2, 0.25) is 0 Å². The topological polar surface area (TPSA) is 32.3 Å². The normalized spacial score (nSPS) is 22.7. The molecule has 1 N–H and O–H groups in total. The average Bonchev–Trinajstić information content (AvgIpc) is 2.86. The zero-order valence-electron chi connectivity index (χ0n) is 11.6. The number of carbonyl (C=O) groups is 1. The van der Waals surface area contributed by atoms with Crippen LogP contribution in [0.3, 0.4) is 0 Å². The number of amides is 1. The molecule has 1 saturated heterocycles. The van der Waals surface area contributed by atoms with E-state index in [1.807, 2.05) is 18.4 Å². The third kappa shape index (κ3) is 2.32. The Balaban J connectivity index is 1.88. The van der Waals surface area contributed by atoms with E-state index in [0.717, 1.165) is 42.9 Å². The van der Waals surface area contributed by atoms with Crippen molar-refractivity contribution >= 4 is 17.2 Å². The van der Waals surface area contributed by atoms with Gasteiger partial charge < -0.3 is 10.2 Å². The fraction of sp³-hybridized carbons (Fsp3) is 0.667. The van der Waals surface area contributed by atoms with Gasteiger partial charge in [0.2, 0.25) is 0 Å². The second kappa shape index (κ2) is 5.25. The van der Waals surface area contributed by atoms with E-state index in [0.29, 0.717) is 0 Å². The maximum atomic E-state index is 12.9. The average molecular weight is 278 g/mol. The van der Waals surface area contributed by atoms with Gasteiger partial charge in [0, 0.05) is 19.6 Å². The zero-order chi connectivity index (χ0) is 13.3. The van der Waals surface area contributed by atoms with Crippen LogP contribution < -0.4 is 5.32 Å². The van der Waals surface area contributed by atoms with Crippen molar-refractivity contribution in [3.63, 3.8) is 0 Å². The third-order valence-corrected chi connectivity index (χ3v) is 5.63. The van der Waals surface area contributed by atoms with Crippen molar-refractivity contribution in [2.75, 3.05) is 19.6 Å². The largest absolute Gasteiger partial charge is 0.330 e. The van der Waals surface area contributed by atoms with E-state index in [-0.39, 0.29) is 11.4 Å². The molecule has 1 spiro atoms. The van der Waals surface area contributed by atoms with Crippen molar-refractivity contribution in [2.45, 2.75) is 44.6 Å². The highest BCUT2D eigenvalue weighted by Gasteiger charge is 2.42. The van der Waals surface area contributed by atoms with Crippen molar-refractivity contribution in [2.24, 2.45) is 0 Å². The van der Waals surface area contributed by atoms with Crippen molar-refractivity contribution in [1.29, 1.82) is 0 Å². The predicted molar refractivity (Wildman–Crippen MR) is 78.8 cm³/mol. The molecule has 0 radical (unpaired) electrons. The summed E-state index contributed by atoms with van der Waals surface area (Å²) in [5.74, 6) is 0.260. The number of rotatable bonds is 1. The maximum Gasteiger partial charge on any atom is 0.264 e. The molecule has 0 atom stereocenters. The van der Waals surface area contributed by atoms with E-state index in [1.54, 1.807) is 11.3 Å². The molecule has 2 heterocycles. The van der Waals surface area contributed by atoms with Crippen LogP contribution in [0.25, 0.3) is 0 Å². The molecule has 3 rings (SSSR count). The second-order valence-electron chi connectivity index (χ2n) is 5.85. The van der Waals surface area contributed by atoms with E-state index >= 15 is 0 Å². The lowest BCUT2D eigenvalue weighted by Crippen LogP contribution is -2.63. The van der Waals surface area contributed by atoms with Crippen LogP contribution in [0, 0.1) is 6.92 Å². The first-order chi connectivity index (χ1) is 9.23. The molecule has 1 saturated carbocycles. The van der Waals surface area contributed by atoms with Crippen LogP contribution in [0.15, 0.2) is 11.4 Å². The summed E-state index contributed by atoms with van der Waals surface area (Å²) in [6.07, 6.45) is 6.16. The lowest BCUT2D eigenvalue weighted by Gasteiger charge is -2.49. The number of nitrogens with one attached hydrogen (secondary N) is 1. The number of piperazine rings is 1. The zero-order valence-corrected chi connectivity index (χ0v) is 12.4. The van der Waals surface area contributed by atoms with Gasteiger partial charge >= 0.3 is 0 Å². The lowest BCUT2D eigenvalue weighted by atomic mass is 9.79. The second-order valence-corrected chi connectivity index (χ2v) is 6.77. The quantitative estimate of drug-likeness (QED) is 0.856. The van der Waals surface area contributed by atoms with Gasteiger partial charge in [0.05, 0.1) is 10.4 Å². The Bertz CT molecular complexity index is 454. The Kier molecular flexibility index (Phi) is 3.63. The highest BCUT2D eigenvalue weighted by Crippen LogP contribution is 2.36. The van der Waals surface area contributed by atoms with Gasteiger partial charge in [-0.25, -0.2) is 0 Å². The number of aryl methyl sites for hydroxylation is 1. The minimum atomic E-state index is 0.0873. The van der Waals surface area contributed by atoms with Crippen LogP contribution in [-0.4, -0.2) is 36.0 Å². The van der Waals surface area contributed by atoms with E-state index in [1.165, 1.54) is 19.3 Å². The van der Waals surface area contributed by atoms with E-state index in [9.17, 15) is 4.79 Å². The fourth-order valence-electron chi connectivity index (χ4n) is 3.53. The molecule has 1 aliphatic heterocycles. The van der Waals surface area contributed by atoms with Crippen LogP contribution >= 0.6 is 11.3 Å². The van der Waals surface area contributed by atoms with Gasteiger partial charge in [0.15, 0.2) is 0 Å². The van der Waals surface area contributed by atoms with Crippen molar-refractivity contribution in [3.05, 3.63) is 21.9 Å². The summed E-state index contributed by atoms with van der Waals surface area (Å²) in [7, 11) is 0. The standard InChI is InChI=1S/C15H22N2OS/c1-12-5-10-19-13(12)14(18)17-9-8-16-11-15(17)6-3-2-4-7-15/h5,10,16H,2-4,6-9,11H2,1H3. The number of hydrogen-bond donors (Lipinski definition) is 1. The highest BCUT2D eigenvalue weighted by atomic mass is 32.1. The number of hydrogen-bond acceptors (Lipinski definition) is 3. The molecule has 19 heavy (non-hydrogen) atoms. The minimum absolute atomic E-state index is 0.0873. The van der Waals surface area contributed by atoms with Crippen LogP contribution in [0.4, 0.5) is 0 Å². The molecule has 1 aromatic rings. The van der Waals surface area contributed by atoms with Crippen molar-refractivity contribution in [1.82, 2.24) is 10.2 Å². The van der Waals surface area contributed by atoms with E-state index in [2.05, 4.69) is 10.2 Å². The van der Waals surface area contributed by atoms with Crippen LogP contribution in [0.5, 0.6) is 0 Å². The minimum Gasteiger partial charge on any atom is -0.330 e. The van der Waals surface area contributed by atoms with Crippen molar-refractivity contribution < 1.29 is 4.79 Å². The number of carbonyl (C=O) groups excluding carboxylic acids is 1. The summed E-state index contributed by atoms with van der Waals surface area (Å²) >= 11 is 1.59. The summed E-state index contributed by atoms with van der Waals surface area (Å²) in [6.45, 7) is 4.80. The summed E-state index contributed by atoms with van der Waals surface area (Å²) in [5.41, 5.74) is 1.21. The number of nitrogens with zero attached hydrogens (tertiary/aromatic N) is 1. The van der Waals surface area contributed by atoms with Gasteiger partial charge in [-0.2, -0.15) is 0 Å². The van der Waals surface area contributed by atoms with Crippen LogP contribution in [-0.2, 0) is 0 Å². The van der Waals surface area contributed by atoms with Gasteiger partial charge in [0.25, 0.3) is 5.91 Å². The first kappa shape index (κ1) is 13.1. The predicted octanol–water partition coefficient (Wildman–Crippen LogP) is 2.80. The van der Waals surface area contributed by atoms with Gasteiger partial charge in [-0.05, 0) is 36.8 Å². The molecule has 2 aliphatic rings. The smallest absolute Gasteiger partial charge is 0.264 e. The summed E-state index contributed by atoms with van der Waals surface area (Å²) in [6, 6.07) is 2.05. The Labute approximate surface area is 119 Å². The van der Waals surface area contributed by atoms with Gasteiger partial charge in [-0.15, -0.1) is 11.3 Å². The van der Waals surface area contributed by atoms with Crippen LogP contribution in [0.1, 0.15) is 47.3 Å². The molecule has 1 aliphatic carbocycles. The lowest BCUT2D eigenvalue weighted by molar-refractivity contribution is 0.0226. The Hall–Kier alpha value is -0.870. The monoisotopic (exact) mass is 278 g/mol. The van der Waals surface area contributed by atoms with Gasteiger partial charge in [0.1, 0.15) is 0 Å². The summed E-state index contributed by atoms with van der Waals surface area (Å²) in [5, 5.41) is 5.53.